The molecule has 0 atom stereocenters. The summed E-state index contributed by atoms with van der Waals surface area (Å²) in [4.78, 5) is 24.6. The third kappa shape index (κ3) is 6.34. The molecule has 3 rings (SSSR count). The minimum absolute atomic E-state index is 0.138. The van der Waals surface area contributed by atoms with Gasteiger partial charge in [-0.05, 0) is 80.9 Å². The Kier molecular flexibility index (Phi) is 7.27. The maximum Gasteiger partial charge on any atom is 0.262 e. The first-order chi connectivity index (χ1) is 14.9. The SMILES string of the molecule is CCOc1ccc(NC(=O)COc2ccc(C(=O)Nc3ccc(C)cc3C)cc2)cc1. The second-order valence-electron chi connectivity index (χ2n) is 7.09. The van der Waals surface area contributed by atoms with Crippen molar-refractivity contribution in [1.82, 2.24) is 0 Å². The number of nitrogens with one attached hydrogen (secondary N) is 2. The number of hydrogen-bond acceptors (Lipinski definition) is 4. The molecule has 0 aliphatic carbocycles. The van der Waals surface area contributed by atoms with Gasteiger partial charge < -0.3 is 20.1 Å². The second-order valence-corrected chi connectivity index (χ2v) is 7.09. The highest BCUT2D eigenvalue weighted by atomic mass is 16.5. The van der Waals surface area contributed by atoms with Gasteiger partial charge in [0.15, 0.2) is 6.61 Å². The summed E-state index contributed by atoms with van der Waals surface area (Å²) >= 11 is 0. The maximum absolute atomic E-state index is 12.5. The summed E-state index contributed by atoms with van der Waals surface area (Å²) in [7, 11) is 0. The zero-order valence-corrected chi connectivity index (χ0v) is 17.9. The van der Waals surface area contributed by atoms with Gasteiger partial charge in [-0.1, -0.05) is 17.7 Å². The standard InChI is InChI=1S/C25H26N2O4/c1-4-30-21-12-8-20(9-13-21)26-24(28)16-31-22-10-6-19(7-11-22)25(29)27-23-14-5-17(2)15-18(23)3/h5-15H,4,16H2,1-3H3,(H,26,28)(H,27,29). The summed E-state index contributed by atoms with van der Waals surface area (Å²) in [6.07, 6.45) is 0. The molecule has 0 spiro atoms. The summed E-state index contributed by atoms with van der Waals surface area (Å²) in [6, 6.07) is 19.7. The van der Waals surface area contributed by atoms with Crippen molar-refractivity contribution in [3.05, 3.63) is 83.4 Å². The number of carbonyl (C=O) groups is 2. The van der Waals surface area contributed by atoms with Crippen LogP contribution in [0.1, 0.15) is 28.4 Å². The highest BCUT2D eigenvalue weighted by Gasteiger charge is 2.09. The Morgan fingerprint density at radius 1 is 0.806 bits per heavy atom. The van der Waals surface area contributed by atoms with E-state index in [-0.39, 0.29) is 18.4 Å². The first-order valence-corrected chi connectivity index (χ1v) is 10.1. The zero-order chi connectivity index (χ0) is 22.2. The Bertz CT molecular complexity index is 1040. The quantitative estimate of drug-likeness (QED) is 0.541. The van der Waals surface area contributed by atoms with Gasteiger partial charge in [-0.25, -0.2) is 0 Å². The maximum atomic E-state index is 12.5. The Morgan fingerprint density at radius 2 is 1.45 bits per heavy atom. The van der Waals surface area contributed by atoms with Crippen LogP contribution in [0.2, 0.25) is 0 Å². The molecule has 2 amide bonds. The highest BCUT2D eigenvalue weighted by Crippen LogP contribution is 2.19. The molecule has 31 heavy (non-hydrogen) atoms. The number of aryl methyl sites for hydroxylation is 2. The van der Waals surface area contributed by atoms with Crippen LogP contribution in [0, 0.1) is 13.8 Å². The van der Waals surface area contributed by atoms with E-state index in [1.165, 1.54) is 0 Å². The molecule has 0 aliphatic heterocycles. The van der Waals surface area contributed by atoms with Crippen molar-refractivity contribution >= 4 is 23.2 Å². The van der Waals surface area contributed by atoms with Gasteiger partial charge in [0.2, 0.25) is 0 Å². The first-order valence-electron chi connectivity index (χ1n) is 10.1. The van der Waals surface area contributed by atoms with Gasteiger partial charge >= 0.3 is 0 Å². The summed E-state index contributed by atoms with van der Waals surface area (Å²) in [6.45, 7) is 6.33. The van der Waals surface area contributed by atoms with Crippen LogP contribution in [0.15, 0.2) is 66.7 Å². The van der Waals surface area contributed by atoms with E-state index in [0.717, 1.165) is 22.6 Å². The molecule has 6 heteroatoms. The fourth-order valence-electron chi connectivity index (χ4n) is 3.00. The second kappa shape index (κ2) is 10.3. The lowest BCUT2D eigenvalue weighted by Crippen LogP contribution is -2.20. The third-order valence-electron chi connectivity index (χ3n) is 4.57. The minimum atomic E-state index is -0.277. The lowest BCUT2D eigenvalue weighted by molar-refractivity contribution is -0.118. The van der Waals surface area contributed by atoms with Crippen molar-refractivity contribution in [2.24, 2.45) is 0 Å². The van der Waals surface area contributed by atoms with Crippen LogP contribution < -0.4 is 20.1 Å². The van der Waals surface area contributed by atoms with Crippen molar-refractivity contribution < 1.29 is 19.1 Å². The van der Waals surface area contributed by atoms with Crippen molar-refractivity contribution in [1.29, 1.82) is 0 Å². The van der Waals surface area contributed by atoms with E-state index in [1.807, 2.05) is 39.0 Å². The van der Waals surface area contributed by atoms with Crippen LogP contribution in [0.5, 0.6) is 11.5 Å². The third-order valence-corrected chi connectivity index (χ3v) is 4.57. The van der Waals surface area contributed by atoms with Crippen molar-refractivity contribution in [2.75, 3.05) is 23.8 Å². The molecule has 160 valence electrons. The summed E-state index contributed by atoms with van der Waals surface area (Å²) < 4.78 is 10.9. The van der Waals surface area contributed by atoms with E-state index < -0.39 is 0 Å². The molecule has 0 unspecified atom stereocenters. The molecule has 0 saturated heterocycles. The van der Waals surface area contributed by atoms with Crippen LogP contribution in [0.3, 0.4) is 0 Å². The molecular weight excluding hydrogens is 392 g/mol. The molecule has 3 aromatic carbocycles. The number of anilines is 2. The Hall–Kier alpha value is -3.80. The van der Waals surface area contributed by atoms with Gasteiger partial charge in [0.1, 0.15) is 11.5 Å². The van der Waals surface area contributed by atoms with Crippen LogP contribution in [0.4, 0.5) is 11.4 Å². The molecule has 0 aromatic heterocycles. The number of benzene rings is 3. The average Bonchev–Trinajstić information content (AvgIpc) is 2.76. The molecular formula is C25H26N2O4. The Morgan fingerprint density at radius 3 is 2.10 bits per heavy atom. The fourth-order valence-corrected chi connectivity index (χ4v) is 3.00. The predicted molar refractivity (Wildman–Crippen MR) is 122 cm³/mol. The van der Waals surface area contributed by atoms with Gasteiger partial charge in [-0.2, -0.15) is 0 Å². The normalized spacial score (nSPS) is 10.3. The van der Waals surface area contributed by atoms with E-state index in [9.17, 15) is 9.59 Å². The number of amides is 2. The molecule has 6 nitrogen and oxygen atoms in total. The minimum Gasteiger partial charge on any atom is -0.494 e. The fraction of sp³-hybridized carbons (Fsp3) is 0.200. The Balaban J connectivity index is 1.50. The van der Waals surface area contributed by atoms with Gasteiger partial charge in [0.05, 0.1) is 6.61 Å². The smallest absolute Gasteiger partial charge is 0.262 e. The van der Waals surface area contributed by atoms with E-state index in [2.05, 4.69) is 10.6 Å². The van der Waals surface area contributed by atoms with Crippen molar-refractivity contribution in [2.45, 2.75) is 20.8 Å². The molecule has 0 heterocycles. The average molecular weight is 418 g/mol. The zero-order valence-electron chi connectivity index (χ0n) is 17.9. The first kappa shape index (κ1) is 21.9. The molecule has 0 radical (unpaired) electrons. The van der Waals surface area contributed by atoms with Crippen LogP contribution in [-0.2, 0) is 4.79 Å². The molecule has 0 aliphatic rings. The number of hydrogen-bond donors (Lipinski definition) is 2. The van der Waals surface area contributed by atoms with Crippen LogP contribution >= 0.6 is 0 Å². The molecule has 0 bridgehead atoms. The number of carbonyl (C=O) groups excluding carboxylic acids is 2. The lowest BCUT2D eigenvalue weighted by Gasteiger charge is -2.10. The van der Waals surface area contributed by atoms with Crippen molar-refractivity contribution in [3.8, 4) is 11.5 Å². The number of ether oxygens (including phenoxy) is 2. The monoisotopic (exact) mass is 418 g/mol. The van der Waals surface area contributed by atoms with Gasteiger partial charge in [-0.3, -0.25) is 9.59 Å². The van der Waals surface area contributed by atoms with E-state index in [4.69, 9.17) is 9.47 Å². The molecule has 3 aromatic rings. The number of rotatable bonds is 8. The van der Waals surface area contributed by atoms with E-state index in [0.29, 0.717) is 23.6 Å². The van der Waals surface area contributed by atoms with Gasteiger partial charge in [0.25, 0.3) is 11.8 Å². The Labute approximate surface area is 182 Å². The molecule has 0 saturated carbocycles. The van der Waals surface area contributed by atoms with E-state index >= 15 is 0 Å². The predicted octanol–water partition coefficient (Wildman–Crippen LogP) is 4.97. The largest absolute Gasteiger partial charge is 0.494 e. The summed E-state index contributed by atoms with van der Waals surface area (Å²) in [5.41, 5.74) is 4.10. The highest BCUT2D eigenvalue weighted by molar-refractivity contribution is 6.04. The lowest BCUT2D eigenvalue weighted by atomic mass is 10.1. The van der Waals surface area contributed by atoms with Crippen molar-refractivity contribution in [3.63, 3.8) is 0 Å². The summed E-state index contributed by atoms with van der Waals surface area (Å²) in [5.74, 6) is 0.774. The van der Waals surface area contributed by atoms with E-state index in [1.54, 1.807) is 48.5 Å². The van der Waals surface area contributed by atoms with Crippen LogP contribution in [-0.4, -0.2) is 25.0 Å². The van der Waals surface area contributed by atoms with Crippen LogP contribution in [0.25, 0.3) is 0 Å². The molecule has 2 N–H and O–H groups in total. The van der Waals surface area contributed by atoms with Gasteiger partial charge in [0, 0.05) is 16.9 Å². The topological polar surface area (TPSA) is 76.7 Å². The van der Waals surface area contributed by atoms with Gasteiger partial charge in [-0.15, -0.1) is 0 Å². The molecule has 0 fully saturated rings. The summed E-state index contributed by atoms with van der Waals surface area (Å²) in [5, 5.41) is 5.67.